The molecule has 0 saturated carbocycles. The van der Waals surface area contributed by atoms with Gasteiger partial charge in [-0.25, -0.2) is 0 Å². The van der Waals surface area contributed by atoms with Crippen molar-refractivity contribution in [2.24, 2.45) is 4.99 Å². The molecule has 0 unspecified atom stereocenters. The molecule has 0 bridgehead atoms. The smallest absolute Gasteiger partial charge is 0.115 e. The standard InChI is InChI=1S/C19H19N/c1-2-3-16-20-19(18-12-8-5-9-13-18)15-14-17-10-6-4-7-11-17/h4-13H,2-3,16H2,1H3. The lowest BCUT2D eigenvalue weighted by atomic mass is 10.1. The summed E-state index contributed by atoms with van der Waals surface area (Å²) in [5.74, 6) is 6.40. The van der Waals surface area contributed by atoms with Crippen LogP contribution >= 0.6 is 0 Å². The molecule has 20 heavy (non-hydrogen) atoms. The second-order valence-corrected chi connectivity index (χ2v) is 4.57. The fourth-order valence-electron chi connectivity index (χ4n) is 1.80. The molecule has 2 rings (SSSR count). The van der Waals surface area contributed by atoms with E-state index in [-0.39, 0.29) is 0 Å². The van der Waals surface area contributed by atoms with Gasteiger partial charge in [0.25, 0.3) is 0 Å². The predicted octanol–water partition coefficient (Wildman–Crippen LogP) is 4.33. The summed E-state index contributed by atoms with van der Waals surface area (Å²) in [6.45, 7) is 3.01. The molecule has 0 spiro atoms. The van der Waals surface area contributed by atoms with E-state index in [1.54, 1.807) is 0 Å². The van der Waals surface area contributed by atoms with Crippen LogP contribution in [0.1, 0.15) is 30.9 Å². The number of aliphatic imine (C=N–C) groups is 1. The van der Waals surface area contributed by atoms with Gasteiger partial charge in [0.15, 0.2) is 0 Å². The summed E-state index contributed by atoms with van der Waals surface area (Å²) in [6, 6.07) is 20.2. The van der Waals surface area contributed by atoms with Crippen molar-refractivity contribution < 1.29 is 0 Å². The molecular weight excluding hydrogens is 242 g/mol. The van der Waals surface area contributed by atoms with Gasteiger partial charge in [0.05, 0.1) is 0 Å². The highest BCUT2D eigenvalue weighted by atomic mass is 14.7. The van der Waals surface area contributed by atoms with Crippen molar-refractivity contribution in [3.8, 4) is 11.8 Å². The van der Waals surface area contributed by atoms with Crippen molar-refractivity contribution in [2.75, 3.05) is 6.54 Å². The SMILES string of the molecule is CCCCN=C(C#Cc1ccccc1)c1ccccc1. The summed E-state index contributed by atoms with van der Waals surface area (Å²) >= 11 is 0. The van der Waals surface area contributed by atoms with Crippen LogP contribution in [0.5, 0.6) is 0 Å². The maximum atomic E-state index is 4.64. The van der Waals surface area contributed by atoms with E-state index >= 15 is 0 Å². The quantitative estimate of drug-likeness (QED) is 0.441. The first kappa shape index (κ1) is 14.1. The summed E-state index contributed by atoms with van der Waals surface area (Å²) in [5.41, 5.74) is 2.99. The molecule has 0 aliphatic carbocycles. The minimum atomic E-state index is 0.837. The molecule has 0 heterocycles. The first-order chi connectivity index (χ1) is 9.90. The van der Waals surface area contributed by atoms with E-state index in [1.807, 2.05) is 48.5 Å². The Labute approximate surface area is 121 Å². The van der Waals surface area contributed by atoms with Gasteiger partial charge in [0, 0.05) is 17.7 Å². The zero-order valence-corrected chi connectivity index (χ0v) is 11.8. The van der Waals surface area contributed by atoms with Gasteiger partial charge in [-0.2, -0.15) is 0 Å². The van der Waals surface area contributed by atoms with E-state index < -0.39 is 0 Å². The Morgan fingerprint density at radius 1 is 0.950 bits per heavy atom. The van der Waals surface area contributed by atoms with Crippen molar-refractivity contribution in [2.45, 2.75) is 19.8 Å². The average Bonchev–Trinajstić information content (AvgIpc) is 2.52. The van der Waals surface area contributed by atoms with Crippen molar-refractivity contribution in [3.05, 3.63) is 71.8 Å². The second kappa shape index (κ2) is 7.96. The van der Waals surface area contributed by atoms with Crippen LogP contribution < -0.4 is 0 Å². The van der Waals surface area contributed by atoms with Crippen LogP contribution in [-0.4, -0.2) is 12.3 Å². The minimum absolute atomic E-state index is 0.837. The van der Waals surface area contributed by atoms with Gasteiger partial charge in [0.2, 0.25) is 0 Å². The van der Waals surface area contributed by atoms with Crippen molar-refractivity contribution in [3.63, 3.8) is 0 Å². The molecule has 0 atom stereocenters. The van der Waals surface area contributed by atoms with Crippen LogP contribution in [0.25, 0.3) is 0 Å². The van der Waals surface area contributed by atoms with E-state index in [2.05, 4.69) is 35.9 Å². The fourth-order valence-corrected chi connectivity index (χ4v) is 1.80. The first-order valence-corrected chi connectivity index (χ1v) is 7.07. The maximum absolute atomic E-state index is 4.64. The molecule has 1 heteroatoms. The van der Waals surface area contributed by atoms with Gasteiger partial charge >= 0.3 is 0 Å². The van der Waals surface area contributed by atoms with Crippen molar-refractivity contribution in [1.29, 1.82) is 0 Å². The van der Waals surface area contributed by atoms with Crippen molar-refractivity contribution in [1.82, 2.24) is 0 Å². The summed E-state index contributed by atoms with van der Waals surface area (Å²) < 4.78 is 0. The molecule has 0 N–H and O–H groups in total. The summed E-state index contributed by atoms with van der Waals surface area (Å²) in [6.07, 6.45) is 2.25. The number of unbranched alkanes of at least 4 members (excludes halogenated alkanes) is 1. The van der Waals surface area contributed by atoms with Crippen LogP contribution in [-0.2, 0) is 0 Å². The van der Waals surface area contributed by atoms with E-state index in [4.69, 9.17) is 0 Å². The zero-order valence-electron chi connectivity index (χ0n) is 11.8. The lowest BCUT2D eigenvalue weighted by Gasteiger charge is -1.99. The molecule has 0 aromatic heterocycles. The third-order valence-corrected chi connectivity index (χ3v) is 2.93. The van der Waals surface area contributed by atoms with Crippen LogP contribution in [0.4, 0.5) is 0 Å². The third-order valence-electron chi connectivity index (χ3n) is 2.93. The Bertz CT molecular complexity index is 600. The number of benzene rings is 2. The molecule has 0 aliphatic heterocycles. The molecule has 0 radical (unpaired) electrons. The van der Waals surface area contributed by atoms with Crippen LogP contribution in [0, 0.1) is 11.8 Å². The zero-order chi connectivity index (χ0) is 14.0. The molecule has 2 aromatic carbocycles. The lowest BCUT2D eigenvalue weighted by molar-refractivity contribution is 0.809. The Morgan fingerprint density at radius 2 is 1.60 bits per heavy atom. The molecule has 1 nitrogen and oxygen atoms in total. The van der Waals surface area contributed by atoms with Gasteiger partial charge in [-0.3, -0.25) is 4.99 Å². The Hall–Kier alpha value is -2.33. The number of rotatable bonds is 4. The normalized spacial score (nSPS) is 10.8. The van der Waals surface area contributed by atoms with Gasteiger partial charge in [-0.15, -0.1) is 0 Å². The van der Waals surface area contributed by atoms with E-state index in [0.29, 0.717) is 0 Å². The molecule has 0 amide bonds. The molecule has 2 aromatic rings. The minimum Gasteiger partial charge on any atom is -0.276 e. The van der Waals surface area contributed by atoms with Crippen LogP contribution in [0.2, 0.25) is 0 Å². The van der Waals surface area contributed by atoms with Gasteiger partial charge in [0.1, 0.15) is 5.71 Å². The Balaban J connectivity index is 2.24. The Kier molecular flexibility index (Phi) is 5.61. The van der Waals surface area contributed by atoms with E-state index in [1.165, 1.54) is 0 Å². The number of hydrogen-bond acceptors (Lipinski definition) is 1. The number of hydrogen-bond donors (Lipinski definition) is 0. The molecule has 100 valence electrons. The average molecular weight is 261 g/mol. The summed E-state index contributed by atoms with van der Waals surface area (Å²) in [7, 11) is 0. The second-order valence-electron chi connectivity index (χ2n) is 4.57. The van der Waals surface area contributed by atoms with Crippen LogP contribution in [0.3, 0.4) is 0 Å². The summed E-state index contributed by atoms with van der Waals surface area (Å²) in [4.78, 5) is 4.64. The maximum Gasteiger partial charge on any atom is 0.115 e. The highest BCUT2D eigenvalue weighted by Crippen LogP contribution is 2.03. The lowest BCUT2D eigenvalue weighted by Crippen LogP contribution is -1.99. The largest absolute Gasteiger partial charge is 0.276 e. The van der Waals surface area contributed by atoms with Crippen LogP contribution in [0.15, 0.2) is 65.7 Å². The molecule has 0 aliphatic rings. The van der Waals surface area contributed by atoms with Gasteiger partial charge in [-0.1, -0.05) is 67.8 Å². The summed E-state index contributed by atoms with van der Waals surface area (Å²) in [5, 5.41) is 0. The van der Waals surface area contributed by atoms with Gasteiger partial charge < -0.3 is 0 Å². The highest BCUT2D eigenvalue weighted by Gasteiger charge is 1.98. The molecular formula is C19H19N. The predicted molar refractivity (Wildman–Crippen MR) is 86.1 cm³/mol. The molecule has 0 fully saturated rings. The Morgan fingerprint density at radius 3 is 2.25 bits per heavy atom. The molecule has 0 saturated heterocycles. The van der Waals surface area contributed by atoms with E-state index in [0.717, 1.165) is 36.2 Å². The first-order valence-electron chi connectivity index (χ1n) is 7.07. The monoisotopic (exact) mass is 261 g/mol. The van der Waals surface area contributed by atoms with E-state index in [9.17, 15) is 0 Å². The third kappa shape index (κ3) is 4.40. The number of nitrogens with zero attached hydrogens (tertiary/aromatic N) is 1. The van der Waals surface area contributed by atoms with Crippen molar-refractivity contribution >= 4 is 5.71 Å². The van der Waals surface area contributed by atoms with Gasteiger partial charge in [-0.05, 0) is 24.5 Å². The topological polar surface area (TPSA) is 12.4 Å². The fraction of sp³-hybridized carbons (Fsp3) is 0.211. The highest BCUT2D eigenvalue weighted by molar-refractivity contribution is 6.13.